The van der Waals surface area contributed by atoms with E-state index in [0.29, 0.717) is 11.3 Å². The van der Waals surface area contributed by atoms with Crippen LogP contribution in [0.1, 0.15) is 21.5 Å². The number of aromatic amines is 1. The van der Waals surface area contributed by atoms with Crippen molar-refractivity contribution < 1.29 is 4.79 Å². The summed E-state index contributed by atoms with van der Waals surface area (Å²) >= 11 is 0. The number of nitrogens with one attached hydrogen (secondary N) is 1. The molecule has 0 saturated carbocycles. The molecule has 0 amide bonds. The number of fused-ring (bicyclic) bond motifs is 1. The van der Waals surface area contributed by atoms with Crippen LogP contribution in [0.3, 0.4) is 0 Å². The first kappa shape index (κ1) is 18.1. The van der Waals surface area contributed by atoms with E-state index in [1.165, 1.54) is 11.1 Å². The Balaban J connectivity index is 1.83. The minimum Gasteiger partial charge on any atom is -0.353 e. The van der Waals surface area contributed by atoms with Crippen LogP contribution < -0.4 is 0 Å². The smallest absolute Gasteiger partial charge is 0.153 e. The standard InChI is InChI=1S/C26H21N3O/c1-17-13-18(2)23-22(14-17)27-26(24(23)19-9-5-3-6-10-19)25-20(16-30)15-29(28-25)21-11-7-4-8-12-21/h3-16,27H,1-2H3. The first-order chi connectivity index (χ1) is 14.7. The number of aromatic nitrogens is 3. The van der Waals surface area contributed by atoms with Crippen molar-refractivity contribution in [3.05, 3.63) is 95.7 Å². The highest BCUT2D eigenvalue weighted by atomic mass is 16.1. The summed E-state index contributed by atoms with van der Waals surface area (Å²) in [7, 11) is 0. The molecule has 0 aliphatic rings. The Labute approximate surface area is 174 Å². The highest BCUT2D eigenvalue weighted by Crippen LogP contribution is 2.40. The third-order valence-corrected chi connectivity index (χ3v) is 5.43. The lowest BCUT2D eigenvalue weighted by atomic mass is 9.96. The van der Waals surface area contributed by atoms with Gasteiger partial charge in [-0.2, -0.15) is 5.10 Å². The topological polar surface area (TPSA) is 50.7 Å². The van der Waals surface area contributed by atoms with Crippen molar-refractivity contribution in [2.75, 3.05) is 0 Å². The Bertz CT molecular complexity index is 1360. The van der Waals surface area contributed by atoms with Crippen LogP contribution in [0.4, 0.5) is 0 Å². The molecule has 4 heteroatoms. The predicted octanol–water partition coefficient (Wildman–Crippen LogP) is 6.12. The molecule has 1 N–H and O–H groups in total. The van der Waals surface area contributed by atoms with Gasteiger partial charge in [0, 0.05) is 22.7 Å². The molecule has 2 heterocycles. The molecule has 30 heavy (non-hydrogen) atoms. The maximum Gasteiger partial charge on any atom is 0.153 e. The largest absolute Gasteiger partial charge is 0.353 e. The van der Waals surface area contributed by atoms with Gasteiger partial charge in [-0.25, -0.2) is 4.68 Å². The Hall–Kier alpha value is -3.92. The maximum atomic E-state index is 12.0. The van der Waals surface area contributed by atoms with Gasteiger partial charge in [0.1, 0.15) is 5.69 Å². The van der Waals surface area contributed by atoms with Crippen molar-refractivity contribution in [3.63, 3.8) is 0 Å². The molecule has 3 aromatic carbocycles. The highest BCUT2D eigenvalue weighted by Gasteiger charge is 2.22. The summed E-state index contributed by atoms with van der Waals surface area (Å²) in [5.41, 5.74) is 8.59. The average Bonchev–Trinajstić information content (AvgIpc) is 3.36. The summed E-state index contributed by atoms with van der Waals surface area (Å²) in [4.78, 5) is 15.5. The van der Waals surface area contributed by atoms with E-state index in [2.05, 4.69) is 43.1 Å². The lowest BCUT2D eigenvalue weighted by Gasteiger charge is -2.06. The summed E-state index contributed by atoms with van der Waals surface area (Å²) in [5.74, 6) is 0. The Kier molecular flexibility index (Phi) is 4.32. The number of hydrogen-bond donors (Lipinski definition) is 1. The lowest BCUT2D eigenvalue weighted by Crippen LogP contribution is -1.94. The van der Waals surface area contributed by atoms with E-state index < -0.39 is 0 Å². The molecule has 2 aromatic heterocycles. The third kappa shape index (κ3) is 2.94. The van der Waals surface area contributed by atoms with Gasteiger partial charge in [0.25, 0.3) is 0 Å². The summed E-state index contributed by atoms with van der Waals surface area (Å²) < 4.78 is 1.76. The molecule has 0 spiro atoms. The molecule has 0 fully saturated rings. The Morgan fingerprint density at radius 3 is 2.33 bits per heavy atom. The number of benzene rings is 3. The average molecular weight is 391 g/mol. The van der Waals surface area contributed by atoms with Gasteiger partial charge in [-0.1, -0.05) is 54.6 Å². The van der Waals surface area contributed by atoms with Crippen molar-refractivity contribution in [1.82, 2.24) is 14.8 Å². The number of H-pyrrole nitrogens is 1. The number of hydrogen-bond acceptors (Lipinski definition) is 2. The van der Waals surface area contributed by atoms with Crippen molar-refractivity contribution >= 4 is 17.2 Å². The Morgan fingerprint density at radius 2 is 1.63 bits per heavy atom. The number of rotatable bonds is 4. The molecular formula is C26H21N3O. The molecule has 5 aromatic rings. The van der Waals surface area contributed by atoms with Crippen molar-refractivity contribution in [1.29, 1.82) is 0 Å². The normalized spacial score (nSPS) is 11.1. The van der Waals surface area contributed by atoms with Crippen LogP contribution in [0, 0.1) is 13.8 Å². The van der Waals surface area contributed by atoms with Crippen LogP contribution in [0.5, 0.6) is 0 Å². The number of aryl methyl sites for hydroxylation is 2. The van der Waals surface area contributed by atoms with E-state index in [0.717, 1.165) is 39.7 Å². The molecule has 5 rings (SSSR count). The van der Waals surface area contributed by atoms with Crippen LogP contribution >= 0.6 is 0 Å². The molecule has 0 radical (unpaired) electrons. The predicted molar refractivity (Wildman–Crippen MR) is 121 cm³/mol. The second kappa shape index (κ2) is 7.16. The quantitative estimate of drug-likeness (QED) is 0.375. The fraction of sp³-hybridized carbons (Fsp3) is 0.0769. The zero-order valence-corrected chi connectivity index (χ0v) is 16.9. The first-order valence-corrected chi connectivity index (χ1v) is 9.94. The first-order valence-electron chi connectivity index (χ1n) is 9.94. The number of carbonyl (C=O) groups is 1. The molecule has 0 bridgehead atoms. The zero-order chi connectivity index (χ0) is 20.7. The number of para-hydroxylation sites is 1. The van der Waals surface area contributed by atoms with E-state index in [-0.39, 0.29) is 0 Å². The zero-order valence-electron chi connectivity index (χ0n) is 16.9. The van der Waals surface area contributed by atoms with Gasteiger partial charge < -0.3 is 4.98 Å². The number of carbonyl (C=O) groups excluding carboxylic acids is 1. The minimum absolute atomic E-state index is 0.553. The van der Waals surface area contributed by atoms with Gasteiger partial charge in [0.05, 0.1) is 16.9 Å². The van der Waals surface area contributed by atoms with Crippen molar-refractivity contribution in [3.8, 4) is 28.2 Å². The van der Waals surface area contributed by atoms with Gasteiger partial charge in [0.2, 0.25) is 0 Å². The van der Waals surface area contributed by atoms with Gasteiger partial charge in [-0.15, -0.1) is 0 Å². The fourth-order valence-electron chi connectivity index (χ4n) is 4.17. The van der Waals surface area contributed by atoms with Gasteiger partial charge >= 0.3 is 0 Å². The molecule has 4 nitrogen and oxygen atoms in total. The maximum absolute atomic E-state index is 12.0. The fourth-order valence-corrected chi connectivity index (χ4v) is 4.17. The van der Waals surface area contributed by atoms with Gasteiger partial charge in [0.15, 0.2) is 6.29 Å². The second-order valence-corrected chi connectivity index (χ2v) is 7.58. The molecule has 0 atom stereocenters. The lowest BCUT2D eigenvalue weighted by molar-refractivity contribution is 0.112. The summed E-state index contributed by atoms with van der Waals surface area (Å²) in [6, 6.07) is 24.4. The van der Waals surface area contributed by atoms with E-state index in [4.69, 9.17) is 5.10 Å². The molecule has 146 valence electrons. The van der Waals surface area contributed by atoms with Gasteiger partial charge in [-0.05, 0) is 48.7 Å². The minimum atomic E-state index is 0.553. The van der Waals surface area contributed by atoms with E-state index in [9.17, 15) is 4.79 Å². The van der Waals surface area contributed by atoms with Crippen LogP contribution in [0.25, 0.3) is 39.1 Å². The van der Waals surface area contributed by atoms with Crippen molar-refractivity contribution in [2.24, 2.45) is 0 Å². The highest BCUT2D eigenvalue weighted by molar-refractivity contribution is 6.06. The second-order valence-electron chi connectivity index (χ2n) is 7.58. The van der Waals surface area contributed by atoms with E-state index >= 15 is 0 Å². The molecule has 0 saturated heterocycles. The van der Waals surface area contributed by atoms with Gasteiger partial charge in [-0.3, -0.25) is 4.79 Å². The van der Waals surface area contributed by atoms with Crippen LogP contribution in [0.2, 0.25) is 0 Å². The molecular weight excluding hydrogens is 370 g/mol. The van der Waals surface area contributed by atoms with Crippen LogP contribution in [0.15, 0.2) is 79.0 Å². The monoisotopic (exact) mass is 391 g/mol. The summed E-state index contributed by atoms with van der Waals surface area (Å²) in [6.45, 7) is 4.22. The third-order valence-electron chi connectivity index (χ3n) is 5.43. The number of aldehydes is 1. The molecule has 0 unspecified atom stereocenters. The van der Waals surface area contributed by atoms with E-state index in [1.54, 1.807) is 10.9 Å². The van der Waals surface area contributed by atoms with Crippen LogP contribution in [-0.4, -0.2) is 21.1 Å². The van der Waals surface area contributed by atoms with Crippen molar-refractivity contribution in [2.45, 2.75) is 13.8 Å². The summed E-state index contributed by atoms with van der Waals surface area (Å²) in [5, 5.41) is 5.97. The molecule has 0 aliphatic heterocycles. The summed E-state index contributed by atoms with van der Waals surface area (Å²) in [6.07, 6.45) is 2.66. The van der Waals surface area contributed by atoms with Crippen LogP contribution in [-0.2, 0) is 0 Å². The molecule has 0 aliphatic carbocycles. The Morgan fingerprint density at radius 1 is 0.933 bits per heavy atom. The number of nitrogens with zero attached hydrogens (tertiary/aromatic N) is 2. The van der Waals surface area contributed by atoms with E-state index in [1.807, 2.05) is 48.5 Å². The SMILES string of the molecule is Cc1cc(C)c2c(-c3ccccc3)c(-c3nn(-c4ccccc4)cc3C=O)[nH]c2c1.